The van der Waals surface area contributed by atoms with Crippen LogP contribution in [-0.4, -0.2) is 73.1 Å². The Morgan fingerprint density at radius 3 is 2.47 bits per heavy atom. The quantitative estimate of drug-likeness (QED) is 0.322. The van der Waals surface area contributed by atoms with Gasteiger partial charge in [0, 0.05) is 25.1 Å². The Morgan fingerprint density at radius 2 is 1.81 bits per heavy atom. The Hall–Kier alpha value is -3.52. The molecule has 2 aliphatic heterocycles. The van der Waals surface area contributed by atoms with Crippen LogP contribution in [0.15, 0.2) is 42.0 Å². The second-order valence-electron chi connectivity index (χ2n) is 9.09. The molecule has 36 heavy (non-hydrogen) atoms. The van der Waals surface area contributed by atoms with Gasteiger partial charge in [0.15, 0.2) is 11.5 Å². The largest absolute Gasteiger partial charge is 0.507 e. The minimum Gasteiger partial charge on any atom is -0.507 e. The summed E-state index contributed by atoms with van der Waals surface area (Å²) in [6, 6.07) is 9.90. The Balaban J connectivity index is 1.82. The molecule has 0 bridgehead atoms. The van der Waals surface area contributed by atoms with Gasteiger partial charge in [-0.3, -0.25) is 9.59 Å². The monoisotopic (exact) mass is 494 g/mol. The molecule has 4 rings (SSSR count). The minimum atomic E-state index is -0.760. The topological polar surface area (TPSA) is 88.5 Å². The first-order valence-corrected chi connectivity index (χ1v) is 12.3. The molecule has 0 aromatic heterocycles. The number of ether oxygens (including phenoxy) is 3. The van der Waals surface area contributed by atoms with Crippen LogP contribution >= 0.6 is 0 Å². The second-order valence-corrected chi connectivity index (χ2v) is 9.09. The molecule has 2 aromatic carbocycles. The summed E-state index contributed by atoms with van der Waals surface area (Å²) in [5.74, 6) is 0.275. The summed E-state index contributed by atoms with van der Waals surface area (Å²) < 4.78 is 16.6. The summed E-state index contributed by atoms with van der Waals surface area (Å²) in [5, 5.41) is 11.4. The third-order valence-corrected chi connectivity index (χ3v) is 6.98. The van der Waals surface area contributed by atoms with E-state index < -0.39 is 17.7 Å². The lowest BCUT2D eigenvalue weighted by Gasteiger charge is -2.28. The molecule has 2 unspecified atom stereocenters. The number of fused-ring (bicyclic) bond motifs is 1. The first kappa shape index (κ1) is 25.6. The van der Waals surface area contributed by atoms with Gasteiger partial charge in [0.1, 0.15) is 17.6 Å². The van der Waals surface area contributed by atoms with E-state index >= 15 is 0 Å². The van der Waals surface area contributed by atoms with E-state index in [2.05, 4.69) is 18.7 Å². The highest BCUT2D eigenvalue weighted by Gasteiger charge is 2.46. The van der Waals surface area contributed by atoms with Crippen molar-refractivity contribution in [3.63, 3.8) is 0 Å². The molecule has 0 saturated carbocycles. The predicted molar refractivity (Wildman–Crippen MR) is 137 cm³/mol. The highest BCUT2D eigenvalue weighted by molar-refractivity contribution is 6.46. The zero-order valence-electron chi connectivity index (χ0n) is 21.5. The van der Waals surface area contributed by atoms with Crippen molar-refractivity contribution >= 4 is 17.4 Å². The molecule has 2 atom stereocenters. The van der Waals surface area contributed by atoms with Crippen LogP contribution in [-0.2, 0) is 16.0 Å². The number of rotatable bonds is 9. The smallest absolute Gasteiger partial charge is 0.295 e. The summed E-state index contributed by atoms with van der Waals surface area (Å²) in [4.78, 5) is 30.4. The number of nitrogens with zero attached hydrogens (tertiary/aromatic N) is 2. The predicted octanol–water partition coefficient (Wildman–Crippen LogP) is 3.79. The number of ketones is 1. The summed E-state index contributed by atoms with van der Waals surface area (Å²) in [6.45, 7) is 8.71. The van der Waals surface area contributed by atoms with E-state index in [0.717, 1.165) is 24.4 Å². The van der Waals surface area contributed by atoms with Crippen molar-refractivity contribution in [1.82, 2.24) is 9.80 Å². The third kappa shape index (κ3) is 4.65. The number of aliphatic hydroxyl groups is 1. The van der Waals surface area contributed by atoms with Crippen molar-refractivity contribution in [1.29, 1.82) is 0 Å². The van der Waals surface area contributed by atoms with E-state index in [9.17, 15) is 14.7 Å². The molecule has 192 valence electrons. The SMILES string of the molecule is CCN(CC)CCN1C(=O)C(=O)C(=C(O)c2ccc3c(c2)CC(C)O3)C1c1ccc(OC)c(OC)c1. The Labute approximate surface area is 212 Å². The Kier molecular flexibility index (Phi) is 7.54. The van der Waals surface area contributed by atoms with Gasteiger partial charge in [-0.25, -0.2) is 0 Å². The Bertz CT molecular complexity index is 1190. The van der Waals surface area contributed by atoms with E-state index in [-0.39, 0.29) is 17.4 Å². The number of carbonyl (C=O) groups is 2. The molecule has 0 aliphatic carbocycles. The molecule has 1 saturated heterocycles. The molecule has 2 heterocycles. The minimum absolute atomic E-state index is 0.0508. The van der Waals surface area contributed by atoms with E-state index in [4.69, 9.17) is 14.2 Å². The second kappa shape index (κ2) is 10.6. The fourth-order valence-corrected chi connectivity index (χ4v) is 4.99. The van der Waals surface area contributed by atoms with Crippen LogP contribution in [0.4, 0.5) is 0 Å². The summed E-state index contributed by atoms with van der Waals surface area (Å²) in [5.41, 5.74) is 2.17. The highest BCUT2D eigenvalue weighted by Crippen LogP contribution is 2.42. The molecule has 2 aliphatic rings. The van der Waals surface area contributed by atoms with Crippen molar-refractivity contribution in [2.75, 3.05) is 40.4 Å². The molecule has 0 radical (unpaired) electrons. The van der Waals surface area contributed by atoms with Crippen molar-refractivity contribution in [3.8, 4) is 17.2 Å². The normalized spacial score (nSPS) is 20.6. The summed E-state index contributed by atoms with van der Waals surface area (Å²) >= 11 is 0. The van der Waals surface area contributed by atoms with Gasteiger partial charge in [0.25, 0.3) is 11.7 Å². The molecule has 1 amide bonds. The molecule has 8 nitrogen and oxygen atoms in total. The lowest BCUT2D eigenvalue weighted by Crippen LogP contribution is -2.38. The van der Waals surface area contributed by atoms with Crippen LogP contribution < -0.4 is 14.2 Å². The van der Waals surface area contributed by atoms with Gasteiger partial charge in [0.2, 0.25) is 0 Å². The van der Waals surface area contributed by atoms with Gasteiger partial charge in [-0.2, -0.15) is 0 Å². The van der Waals surface area contributed by atoms with Crippen molar-refractivity contribution in [2.45, 2.75) is 39.3 Å². The number of likely N-dealkylation sites (N-methyl/N-ethyl adjacent to an activating group) is 1. The van der Waals surface area contributed by atoms with Crippen LogP contribution in [0.25, 0.3) is 5.76 Å². The van der Waals surface area contributed by atoms with Crippen LogP contribution in [0.5, 0.6) is 17.2 Å². The van der Waals surface area contributed by atoms with Crippen molar-refractivity contribution in [2.24, 2.45) is 0 Å². The van der Waals surface area contributed by atoms with Crippen LogP contribution in [0.2, 0.25) is 0 Å². The van der Waals surface area contributed by atoms with Crippen LogP contribution in [0.3, 0.4) is 0 Å². The van der Waals surface area contributed by atoms with Gasteiger partial charge >= 0.3 is 0 Å². The van der Waals surface area contributed by atoms with Gasteiger partial charge in [-0.15, -0.1) is 0 Å². The van der Waals surface area contributed by atoms with Crippen molar-refractivity contribution < 1.29 is 28.9 Å². The highest BCUT2D eigenvalue weighted by atomic mass is 16.5. The fraction of sp³-hybridized carbons (Fsp3) is 0.429. The zero-order valence-corrected chi connectivity index (χ0v) is 21.5. The van der Waals surface area contributed by atoms with E-state index in [0.29, 0.717) is 42.1 Å². The molecule has 8 heteroatoms. The number of aliphatic hydroxyl groups excluding tert-OH is 1. The number of hydrogen-bond donors (Lipinski definition) is 1. The number of Topliss-reactive ketones (excluding diaryl/α,β-unsaturated/α-hetero) is 1. The first-order valence-electron chi connectivity index (χ1n) is 12.3. The van der Waals surface area contributed by atoms with E-state index in [1.54, 1.807) is 42.3 Å². The lowest BCUT2D eigenvalue weighted by molar-refractivity contribution is -0.140. The third-order valence-electron chi connectivity index (χ3n) is 6.98. The molecular weight excluding hydrogens is 460 g/mol. The average molecular weight is 495 g/mol. The molecule has 0 spiro atoms. The number of methoxy groups -OCH3 is 2. The van der Waals surface area contributed by atoms with Gasteiger partial charge in [0.05, 0.1) is 25.8 Å². The van der Waals surface area contributed by atoms with Crippen molar-refractivity contribution in [3.05, 3.63) is 58.7 Å². The standard InChI is InChI=1S/C28H34N2O6/c1-6-29(7-2)12-13-30-25(18-8-11-22(34-4)23(16-18)35-5)24(27(32)28(30)33)26(31)19-9-10-21-20(15-19)14-17(3)36-21/h8-11,15-17,25,31H,6-7,12-14H2,1-5H3. The molecule has 2 aromatic rings. The van der Waals surface area contributed by atoms with Gasteiger partial charge in [-0.1, -0.05) is 19.9 Å². The lowest BCUT2D eigenvalue weighted by atomic mass is 9.94. The number of likely N-dealkylation sites (tertiary alicyclic amines) is 1. The van der Waals surface area contributed by atoms with Gasteiger partial charge < -0.3 is 29.1 Å². The summed E-state index contributed by atoms with van der Waals surface area (Å²) in [7, 11) is 3.08. The molecule has 1 N–H and O–H groups in total. The number of benzene rings is 2. The first-order chi connectivity index (χ1) is 17.3. The van der Waals surface area contributed by atoms with E-state index in [1.807, 2.05) is 13.0 Å². The number of hydrogen-bond acceptors (Lipinski definition) is 7. The fourth-order valence-electron chi connectivity index (χ4n) is 4.99. The maximum absolute atomic E-state index is 13.4. The van der Waals surface area contributed by atoms with Crippen LogP contribution in [0.1, 0.15) is 43.5 Å². The van der Waals surface area contributed by atoms with E-state index in [1.165, 1.54) is 7.11 Å². The van der Waals surface area contributed by atoms with Gasteiger partial charge in [-0.05, 0) is 61.5 Å². The average Bonchev–Trinajstić information content (AvgIpc) is 3.39. The zero-order chi connectivity index (χ0) is 26.0. The number of amides is 1. The maximum atomic E-state index is 13.4. The Morgan fingerprint density at radius 1 is 1.08 bits per heavy atom. The summed E-state index contributed by atoms with van der Waals surface area (Å²) in [6.07, 6.45) is 0.767. The maximum Gasteiger partial charge on any atom is 0.295 e. The number of carbonyl (C=O) groups excluding carboxylic acids is 2. The molecule has 1 fully saturated rings. The molecular formula is C28H34N2O6. The van der Waals surface area contributed by atoms with Crippen LogP contribution in [0, 0.1) is 0 Å².